The molecule has 0 bridgehead atoms. The average molecular weight is 152 g/mol. The Labute approximate surface area is 58.7 Å². The average Bonchev–Trinajstić information content (AvgIpc) is 1.89. The maximum Gasteiger partial charge on any atom is 0.135 e. The first-order valence-corrected chi connectivity index (χ1v) is 3.17. The van der Waals surface area contributed by atoms with Crippen LogP contribution in [0, 0.1) is 0 Å². The molecule has 0 nitrogen and oxygen atoms in total. The summed E-state index contributed by atoms with van der Waals surface area (Å²) in [5.41, 5.74) is 0. The molecule has 10 heavy (non-hydrogen) atoms. The van der Waals surface area contributed by atoms with E-state index in [4.69, 9.17) is 0 Å². The van der Waals surface area contributed by atoms with Crippen molar-refractivity contribution in [1.82, 2.24) is 0 Å². The first kappa shape index (κ1) is 9.53. The quantitative estimate of drug-likeness (QED) is 0.531. The molecule has 0 spiro atoms. The lowest BCUT2D eigenvalue weighted by Crippen LogP contribution is -2.16. The van der Waals surface area contributed by atoms with Gasteiger partial charge in [0.15, 0.2) is 0 Å². The minimum Gasteiger partial charge on any atom is -0.251 e. The van der Waals surface area contributed by atoms with Crippen molar-refractivity contribution in [1.29, 1.82) is 0 Å². The second-order valence-electron chi connectivity index (χ2n) is 2.03. The third kappa shape index (κ3) is 3.54. The van der Waals surface area contributed by atoms with Crippen molar-refractivity contribution >= 4 is 0 Å². The fourth-order valence-electron chi connectivity index (χ4n) is 0.592. The SMILES string of the molecule is C=CCC(F)C(F)CCF. The Hall–Kier alpha value is -0.470. The first-order chi connectivity index (χ1) is 4.72. The van der Waals surface area contributed by atoms with Crippen LogP contribution in [-0.2, 0) is 0 Å². The molecule has 0 saturated heterocycles. The van der Waals surface area contributed by atoms with Crippen LogP contribution in [0.15, 0.2) is 12.7 Å². The molecule has 0 amide bonds. The molecule has 2 atom stereocenters. The highest BCUT2D eigenvalue weighted by Crippen LogP contribution is 2.12. The first-order valence-electron chi connectivity index (χ1n) is 3.17. The van der Waals surface area contributed by atoms with E-state index in [1.165, 1.54) is 6.08 Å². The fraction of sp³-hybridized carbons (Fsp3) is 0.714. The van der Waals surface area contributed by atoms with E-state index < -0.39 is 19.0 Å². The van der Waals surface area contributed by atoms with E-state index in [2.05, 4.69) is 6.58 Å². The highest BCUT2D eigenvalue weighted by atomic mass is 19.2. The number of rotatable bonds is 5. The molecule has 0 radical (unpaired) electrons. The van der Waals surface area contributed by atoms with Crippen LogP contribution in [0.5, 0.6) is 0 Å². The zero-order valence-electron chi connectivity index (χ0n) is 5.69. The number of alkyl halides is 3. The smallest absolute Gasteiger partial charge is 0.135 e. The van der Waals surface area contributed by atoms with Crippen LogP contribution in [0.2, 0.25) is 0 Å². The third-order valence-electron chi connectivity index (χ3n) is 1.17. The molecule has 0 heterocycles. The Morgan fingerprint density at radius 2 is 1.90 bits per heavy atom. The minimum absolute atomic E-state index is 0.0405. The summed E-state index contributed by atoms with van der Waals surface area (Å²) >= 11 is 0. The van der Waals surface area contributed by atoms with Crippen molar-refractivity contribution < 1.29 is 13.2 Å². The highest BCUT2D eigenvalue weighted by Gasteiger charge is 2.17. The van der Waals surface area contributed by atoms with E-state index in [9.17, 15) is 13.2 Å². The second kappa shape index (κ2) is 5.33. The molecule has 0 aliphatic rings. The summed E-state index contributed by atoms with van der Waals surface area (Å²) in [5.74, 6) is 0. The van der Waals surface area contributed by atoms with Crippen molar-refractivity contribution in [3.8, 4) is 0 Å². The van der Waals surface area contributed by atoms with Crippen molar-refractivity contribution in [2.24, 2.45) is 0 Å². The fourth-order valence-corrected chi connectivity index (χ4v) is 0.592. The Morgan fingerprint density at radius 3 is 2.30 bits per heavy atom. The summed E-state index contributed by atoms with van der Waals surface area (Å²) in [6.07, 6.45) is -2.37. The topological polar surface area (TPSA) is 0 Å². The summed E-state index contributed by atoms with van der Waals surface area (Å²) < 4.78 is 36.1. The van der Waals surface area contributed by atoms with Crippen molar-refractivity contribution in [2.45, 2.75) is 25.2 Å². The van der Waals surface area contributed by atoms with Crippen LogP contribution >= 0.6 is 0 Å². The van der Waals surface area contributed by atoms with Gasteiger partial charge in [-0.3, -0.25) is 4.39 Å². The maximum atomic E-state index is 12.4. The van der Waals surface area contributed by atoms with Crippen molar-refractivity contribution in [2.75, 3.05) is 6.67 Å². The molecule has 2 unspecified atom stereocenters. The molecular weight excluding hydrogens is 141 g/mol. The summed E-state index contributed by atoms with van der Waals surface area (Å²) in [6, 6.07) is 0. The largest absolute Gasteiger partial charge is 0.251 e. The zero-order chi connectivity index (χ0) is 7.98. The summed E-state index contributed by atoms with van der Waals surface area (Å²) in [5, 5.41) is 0. The van der Waals surface area contributed by atoms with Gasteiger partial charge in [0.25, 0.3) is 0 Å². The van der Waals surface area contributed by atoms with Gasteiger partial charge in [-0.2, -0.15) is 0 Å². The van der Waals surface area contributed by atoms with E-state index in [-0.39, 0.29) is 12.8 Å². The molecule has 0 aromatic carbocycles. The van der Waals surface area contributed by atoms with E-state index >= 15 is 0 Å². The normalized spacial score (nSPS) is 16.3. The molecule has 0 N–H and O–H groups in total. The third-order valence-corrected chi connectivity index (χ3v) is 1.17. The Balaban J connectivity index is 3.47. The number of halogens is 3. The van der Waals surface area contributed by atoms with Crippen LogP contribution in [0.25, 0.3) is 0 Å². The molecular formula is C7H11F3. The minimum atomic E-state index is -1.68. The highest BCUT2D eigenvalue weighted by molar-refractivity contribution is 4.77. The van der Waals surface area contributed by atoms with Gasteiger partial charge in [-0.1, -0.05) is 6.08 Å². The van der Waals surface area contributed by atoms with Crippen LogP contribution in [0.4, 0.5) is 13.2 Å². The Morgan fingerprint density at radius 1 is 1.30 bits per heavy atom. The summed E-state index contributed by atoms with van der Waals surface area (Å²) in [7, 11) is 0. The Kier molecular flexibility index (Phi) is 5.08. The lowest BCUT2D eigenvalue weighted by molar-refractivity contribution is 0.150. The summed E-state index contributed by atoms with van der Waals surface area (Å²) in [4.78, 5) is 0. The molecule has 0 rings (SSSR count). The van der Waals surface area contributed by atoms with E-state index in [1.54, 1.807) is 0 Å². The predicted octanol–water partition coefficient (Wildman–Crippen LogP) is 2.60. The molecule has 0 fully saturated rings. The molecule has 3 heteroatoms. The number of hydrogen-bond donors (Lipinski definition) is 0. The lowest BCUT2D eigenvalue weighted by Gasteiger charge is -2.08. The van der Waals surface area contributed by atoms with E-state index in [0.29, 0.717) is 0 Å². The van der Waals surface area contributed by atoms with Gasteiger partial charge in [0.1, 0.15) is 12.3 Å². The number of hydrogen-bond acceptors (Lipinski definition) is 0. The molecule has 0 aromatic rings. The van der Waals surface area contributed by atoms with Crippen LogP contribution < -0.4 is 0 Å². The van der Waals surface area contributed by atoms with Crippen molar-refractivity contribution in [3.05, 3.63) is 12.7 Å². The van der Waals surface area contributed by atoms with Gasteiger partial charge in [0, 0.05) is 6.42 Å². The monoisotopic (exact) mass is 152 g/mol. The van der Waals surface area contributed by atoms with Crippen molar-refractivity contribution in [3.63, 3.8) is 0 Å². The molecule has 60 valence electrons. The number of allylic oxidation sites excluding steroid dienone is 1. The van der Waals surface area contributed by atoms with Gasteiger partial charge >= 0.3 is 0 Å². The zero-order valence-corrected chi connectivity index (χ0v) is 5.69. The molecule has 0 aromatic heterocycles. The van der Waals surface area contributed by atoms with Gasteiger partial charge < -0.3 is 0 Å². The van der Waals surface area contributed by atoms with Gasteiger partial charge in [0.2, 0.25) is 0 Å². The Bertz CT molecular complexity index is 92.9. The lowest BCUT2D eigenvalue weighted by atomic mass is 10.1. The standard InChI is InChI=1S/C7H11F3/c1-2-3-6(9)7(10)4-5-8/h2,6-7H,1,3-5H2. The molecule has 0 aliphatic carbocycles. The van der Waals surface area contributed by atoms with Gasteiger partial charge in [-0.25, -0.2) is 8.78 Å². The van der Waals surface area contributed by atoms with E-state index in [1.807, 2.05) is 0 Å². The van der Waals surface area contributed by atoms with Crippen LogP contribution in [0.1, 0.15) is 12.8 Å². The predicted molar refractivity (Wildman–Crippen MR) is 35.2 cm³/mol. The maximum absolute atomic E-state index is 12.4. The molecule has 0 aliphatic heterocycles. The summed E-state index contributed by atoms with van der Waals surface area (Å²) in [6.45, 7) is 2.44. The van der Waals surface area contributed by atoms with Crippen LogP contribution in [-0.4, -0.2) is 19.0 Å². The van der Waals surface area contributed by atoms with E-state index in [0.717, 1.165) is 0 Å². The van der Waals surface area contributed by atoms with Gasteiger partial charge in [-0.15, -0.1) is 6.58 Å². The van der Waals surface area contributed by atoms with Gasteiger partial charge in [0.05, 0.1) is 6.67 Å². The second-order valence-corrected chi connectivity index (χ2v) is 2.03. The van der Waals surface area contributed by atoms with Crippen LogP contribution in [0.3, 0.4) is 0 Å². The van der Waals surface area contributed by atoms with Gasteiger partial charge in [-0.05, 0) is 6.42 Å². The molecule has 0 saturated carbocycles.